The number of hydrogen-bond acceptors (Lipinski definition) is 3. The fourth-order valence-electron chi connectivity index (χ4n) is 2.20. The van der Waals surface area contributed by atoms with Gasteiger partial charge in [-0.3, -0.25) is 0 Å². The van der Waals surface area contributed by atoms with Crippen LogP contribution in [-0.4, -0.2) is 33.3 Å². The van der Waals surface area contributed by atoms with E-state index in [9.17, 15) is 4.79 Å². The van der Waals surface area contributed by atoms with Gasteiger partial charge in [0.25, 0.3) is 0 Å². The molecule has 0 aliphatic carbocycles. The van der Waals surface area contributed by atoms with E-state index < -0.39 is 0 Å². The Kier molecular flexibility index (Phi) is 5.76. The number of urea groups is 1. The van der Waals surface area contributed by atoms with Crippen LogP contribution in [0.15, 0.2) is 43.0 Å². The van der Waals surface area contributed by atoms with E-state index in [-0.39, 0.29) is 30.6 Å². The molecule has 0 spiro atoms. The Balaban J connectivity index is 1.99. The molecule has 0 fully saturated rings. The lowest BCUT2D eigenvalue weighted by Gasteiger charge is -2.22. The first-order valence-corrected chi connectivity index (χ1v) is 7.77. The lowest BCUT2D eigenvalue weighted by molar-refractivity contribution is 0.199. The number of aliphatic hydroxyl groups is 1. The van der Waals surface area contributed by atoms with E-state index in [2.05, 4.69) is 15.6 Å². The number of rotatable bonds is 6. The Morgan fingerprint density at radius 3 is 2.74 bits per heavy atom. The zero-order valence-corrected chi connectivity index (χ0v) is 13.7. The fourth-order valence-corrected chi connectivity index (χ4v) is 2.20. The Labute approximate surface area is 136 Å². The Morgan fingerprint density at radius 1 is 1.30 bits per heavy atom. The number of benzene rings is 1. The number of carbonyl (C=O) groups excluding carboxylic acids is 1. The van der Waals surface area contributed by atoms with E-state index in [0.29, 0.717) is 0 Å². The van der Waals surface area contributed by atoms with E-state index in [1.165, 1.54) is 0 Å². The third-order valence-electron chi connectivity index (χ3n) is 4.02. The molecule has 6 heteroatoms. The molecule has 1 heterocycles. The summed E-state index contributed by atoms with van der Waals surface area (Å²) in [6, 6.07) is 7.48. The highest BCUT2D eigenvalue weighted by Crippen LogP contribution is 2.16. The van der Waals surface area contributed by atoms with Gasteiger partial charge in [0.05, 0.1) is 12.4 Å². The quantitative estimate of drug-likeness (QED) is 0.765. The minimum absolute atomic E-state index is 0.0145. The van der Waals surface area contributed by atoms with Crippen molar-refractivity contribution in [2.75, 3.05) is 6.61 Å². The van der Waals surface area contributed by atoms with Gasteiger partial charge < -0.3 is 20.3 Å². The maximum atomic E-state index is 12.1. The molecule has 23 heavy (non-hydrogen) atoms. The van der Waals surface area contributed by atoms with Gasteiger partial charge in [0.1, 0.15) is 0 Å². The SMILES string of the molecule is C[C@H](NC(=O)N[C@H](C)[C@H](C)CO)c1cccc(-n2ccnc2)c1. The lowest BCUT2D eigenvalue weighted by atomic mass is 10.1. The molecule has 2 amide bonds. The van der Waals surface area contributed by atoms with Crippen LogP contribution < -0.4 is 10.6 Å². The van der Waals surface area contributed by atoms with Crippen LogP contribution in [0.4, 0.5) is 4.79 Å². The fraction of sp³-hybridized carbons (Fsp3) is 0.412. The molecule has 0 unspecified atom stereocenters. The van der Waals surface area contributed by atoms with E-state index >= 15 is 0 Å². The Morgan fingerprint density at radius 2 is 2.09 bits per heavy atom. The Hall–Kier alpha value is -2.34. The maximum absolute atomic E-state index is 12.1. The van der Waals surface area contributed by atoms with Gasteiger partial charge in [-0.05, 0) is 37.5 Å². The number of aromatic nitrogens is 2. The topological polar surface area (TPSA) is 79.2 Å². The summed E-state index contributed by atoms with van der Waals surface area (Å²) in [7, 11) is 0. The summed E-state index contributed by atoms with van der Waals surface area (Å²) in [5.74, 6) is 0.0145. The van der Waals surface area contributed by atoms with Crippen molar-refractivity contribution >= 4 is 6.03 Å². The predicted octanol–water partition coefficient (Wildman–Crippen LogP) is 2.25. The number of hydrogen-bond donors (Lipinski definition) is 3. The van der Waals surface area contributed by atoms with E-state index in [1.54, 1.807) is 12.5 Å². The van der Waals surface area contributed by atoms with Crippen molar-refractivity contribution in [3.05, 3.63) is 48.5 Å². The van der Waals surface area contributed by atoms with Gasteiger partial charge >= 0.3 is 6.03 Å². The first-order valence-electron chi connectivity index (χ1n) is 7.77. The van der Waals surface area contributed by atoms with Gasteiger partial charge in [-0.2, -0.15) is 0 Å². The van der Waals surface area contributed by atoms with Gasteiger partial charge in [-0.25, -0.2) is 9.78 Å². The van der Waals surface area contributed by atoms with Crippen molar-refractivity contribution in [2.45, 2.75) is 32.9 Å². The van der Waals surface area contributed by atoms with Gasteiger partial charge in [0.15, 0.2) is 0 Å². The summed E-state index contributed by atoms with van der Waals surface area (Å²) >= 11 is 0. The summed E-state index contributed by atoms with van der Waals surface area (Å²) in [5.41, 5.74) is 2.01. The van der Waals surface area contributed by atoms with Crippen molar-refractivity contribution in [1.29, 1.82) is 0 Å². The van der Waals surface area contributed by atoms with Crippen molar-refractivity contribution in [3.8, 4) is 5.69 Å². The van der Waals surface area contributed by atoms with Crippen LogP contribution in [0.1, 0.15) is 32.4 Å². The summed E-state index contributed by atoms with van der Waals surface area (Å²) in [5, 5.41) is 14.9. The number of imidazole rings is 1. The number of nitrogens with zero attached hydrogens (tertiary/aromatic N) is 2. The molecule has 0 saturated heterocycles. The molecule has 2 aromatic rings. The average Bonchev–Trinajstić information content (AvgIpc) is 3.08. The molecule has 0 saturated carbocycles. The number of nitrogens with one attached hydrogen (secondary N) is 2. The van der Waals surface area contributed by atoms with Crippen LogP contribution in [0.3, 0.4) is 0 Å². The van der Waals surface area contributed by atoms with Crippen molar-refractivity contribution < 1.29 is 9.90 Å². The minimum Gasteiger partial charge on any atom is -0.396 e. The second kappa shape index (κ2) is 7.78. The van der Waals surface area contributed by atoms with Crippen molar-refractivity contribution in [3.63, 3.8) is 0 Å². The first kappa shape index (κ1) is 17.0. The van der Waals surface area contributed by atoms with Crippen LogP contribution in [0, 0.1) is 5.92 Å². The van der Waals surface area contributed by atoms with Gasteiger partial charge in [-0.1, -0.05) is 19.1 Å². The standard InChI is InChI=1S/C17H24N4O2/c1-12(10-22)13(2)19-17(23)20-14(3)15-5-4-6-16(9-15)21-8-7-18-11-21/h4-9,11-14,22H,10H2,1-3H3,(H2,19,20,23)/t12-,13-,14+/m1/s1. The van der Waals surface area contributed by atoms with Crippen LogP contribution in [0.5, 0.6) is 0 Å². The molecule has 0 aliphatic rings. The van der Waals surface area contributed by atoms with Crippen LogP contribution in [0.2, 0.25) is 0 Å². The number of carbonyl (C=O) groups is 1. The average molecular weight is 316 g/mol. The maximum Gasteiger partial charge on any atom is 0.315 e. The third-order valence-corrected chi connectivity index (χ3v) is 4.02. The van der Waals surface area contributed by atoms with Crippen LogP contribution >= 0.6 is 0 Å². The van der Waals surface area contributed by atoms with Crippen molar-refractivity contribution in [2.24, 2.45) is 5.92 Å². The highest BCUT2D eigenvalue weighted by atomic mass is 16.3. The molecular formula is C17H24N4O2. The highest BCUT2D eigenvalue weighted by Gasteiger charge is 2.16. The molecule has 0 aliphatic heterocycles. The lowest BCUT2D eigenvalue weighted by Crippen LogP contribution is -2.44. The molecule has 124 valence electrons. The largest absolute Gasteiger partial charge is 0.396 e. The normalized spacial score (nSPS) is 14.8. The van der Waals surface area contributed by atoms with Crippen LogP contribution in [0.25, 0.3) is 5.69 Å². The molecule has 3 atom stereocenters. The van der Waals surface area contributed by atoms with Gasteiger partial charge in [0.2, 0.25) is 0 Å². The van der Waals surface area contributed by atoms with E-state index in [1.807, 2.05) is 55.8 Å². The predicted molar refractivity (Wildman–Crippen MR) is 89.4 cm³/mol. The second-order valence-corrected chi connectivity index (χ2v) is 5.85. The third kappa shape index (κ3) is 4.56. The summed E-state index contributed by atoms with van der Waals surface area (Å²) in [6.07, 6.45) is 5.34. The van der Waals surface area contributed by atoms with Gasteiger partial charge in [0, 0.05) is 30.7 Å². The number of amides is 2. The van der Waals surface area contributed by atoms with E-state index in [4.69, 9.17) is 5.11 Å². The first-order chi connectivity index (χ1) is 11.0. The smallest absolute Gasteiger partial charge is 0.315 e. The zero-order chi connectivity index (χ0) is 16.8. The van der Waals surface area contributed by atoms with Gasteiger partial charge in [-0.15, -0.1) is 0 Å². The monoisotopic (exact) mass is 316 g/mol. The summed E-state index contributed by atoms with van der Waals surface area (Å²) in [4.78, 5) is 16.1. The second-order valence-electron chi connectivity index (χ2n) is 5.85. The highest BCUT2D eigenvalue weighted by molar-refractivity contribution is 5.74. The summed E-state index contributed by atoms with van der Waals surface area (Å²) in [6.45, 7) is 5.75. The Bertz CT molecular complexity index is 627. The molecule has 0 bridgehead atoms. The van der Waals surface area contributed by atoms with Crippen LogP contribution in [-0.2, 0) is 0 Å². The number of aliphatic hydroxyl groups excluding tert-OH is 1. The van der Waals surface area contributed by atoms with E-state index in [0.717, 1.165) is 11.3 Å². The molecule has 1 aromatic heterocycles. The summed E-state index contributed by atoms with van der Waals surface area (Å²) < 4.78 is 1.92. The minimum atomic E-state index is -0.238. The molecule has 2 rings (SSSR count). The molecule has 0 radical (unpaired) electrons. The molecule has 3 N–H and O–H groups in total. The molecule has 1 aromatic carbocycles. The zero-order valence-electron chi connectivity index (χ0n) is 13.7. The molecular weight excluding hydrogens is 292 g/mol. The molecule has 6 nitrogen and oxygen atoms in total. The van der Waals surface area contributed by atoms with Crippen molar-refractivity contribution in [1.82, 2.24) is 20.2 Å².